The van der Waals surface area contributed by atoms with Crippen LogP contribution in [0.2, 0.25) is 0 Å². The molecule has 1 aromatic carbocycles. The highest BCUT2D eigenvalue weighted by Gasteiger charge is 2.29. The molecule has 8 heteroatoms. The number of hydrogen-bond acceptors (Lipinski definition) is 8. The van der Waals surface area contributed by atoms with E-state index in [4.69, 9.17) is 13.8 Å². The lowest BCUT2D eigenvalue weighted by atomic mass is 10.0. The minimum atomic E-state index is -0.498. The molecule has 0 saturated heterocycles. The van der Waals surface area contributed by atoms with Crippen LogP contribution in [0.15, 0.2) is 39.4 Å². The molecule has 3 aromatic heterocycles. The summed E-state index contributed by atoms with van der Waals surface area (Å²) < 4.78 is 16.0. The van der Waals surface area contributed by atoms with Crippen LogP contribution in [0, 0.1) is 6.92 Å². The maximum atomic E-state index is 12.8. The van der Waals surface area contributed by atoms with Gasteiger partial charge in [-0.1, -0.05) is 48.4 Å². The maximum Gasteiger partial charge on any atom is 0.339 e. The molecule has 0 spiro atoms. The SMILES string of the molecule is Cc1noc2nc(C3CC3)cc(C(=O)OCc3nc(-c4ccc(C(C)C)cc4)no3)c12. The van der Waals surface area contributed by atoms with Crippen molar-refractivity contribution >= 4 is 17.1 Å². The van der Waals surface area contributed by atoms with Crippen molar-refractivity contribution in [3.63, 3.8) is 0 Å². The van der Waals surface area contributed by atoms with Gasteiger partial charge in [0.25, 0.3) is 11.6 Å². The first-order valence-corrected chi connectivity index (χ1v) is 10.4. The third-order valence-corrected chi connectivity index (χ3v) is 5.48. The fraction of sp³-hybridized carbons (Fsp3) is 0.348. The third-order valence-electron chi connectivity index (χ3n) is 5.48. The van der Waals surface area contributed by atoms with E-state index in [0.29, 0.717) is 40.0 Å². The van der Waals surface area contributed by atoms with Gasteiger partial charge in [0, 0.05) is 17.2 Å². The number of hydrogen-bond donors (Lipinski definition) is 0. The van der Waals surface area contributed by atoms with Gasteiger partial charge in [-0.3, -0.25) is 0 Å². The summed E-state index contributed by atoms with van der Waals surface area (Å²) in [6.07, 6.45) is 2.12. The maximum absolute atomic E-state index is 12.8. The molecule has 0 radical (unpaired) electrons. The molecule has 0 N–H and O–H groups in total. The summed E-state index contributed by atoms with van der Waals surface area (Å²) in [6, 6.07) is 9.78. The van der Waals surface area contributed by atoms with E-state index in [1.165, 1.54) is 5.56 Å². The summed E-state index contributed by atoms with van der Waals surface area (Å²) in [4.78, 5) is 21.7. The smallest absolute Gasteiger partial charge is 0.339 e. The number of ether oxygens (including phenoxy) is 1. The molecule has 0 atom stereocenters. The van der Waals surface area contributed by atoms with E-state index in [9.17, 15) is 4.79 Å². The largest absolute Gasteiger partial charge is 0.452 e. The number of nitrogens with zero attached hydrogens (tertiary/aromatic N) is 4. The van der Waals surface area contributed by atoms with Crippen LogP contribution >= 0.6 is 0 Å². The molecule has 5 rings (SSSR count). The standard InChI is InChI=1S/C23H22N4O4/c1-12(2)14-4-8-16(9-5-14)21-25-19(30-27-21)11-29-23(28)17-10-18(15-6-7-15)24-22-20(17)13(3)26-31-22/h4-5,8-10,12,15H,6-7,11H2,1-3H3. The Hall–Kier alpha value is -3.55. The normalized spacial score (nSPS) is 13.8. The first kappa shape index (κ1) is 19.4. The molecule has 0 amide bonds. The average molecular weight is 418 g/mol. The van der Waals surface area contributed by atoms with Crippen molar-refractivity contribution in [2.45, 2.75) is 52.1 Å². The summed E-state index contributed by atoms with van der Waals surface area (Å²) in [7, 11) is 0. The molecule has 1 aliphatic carbocycles. The minimum Gasteiger partial charge on any atom is -0.452 e. The number of carbonyl (C=O) groups is 1. The molecule has 1 fully saturated rings. The molecule has 4 aromatic rings. The Morgan fingerprint density at radius 1 is 1.13 bits per heavy atom. The highest BCUT2D eigenvalue weighted by atomic mass is 16.6. The fourth-order valence-electron chi connectivity index (χ4n) is 3.52. The topological polar surface area (TPSA) is 104 Å². The van der Waals surface area contributed by atoms with Gasteiger partial charge in [0.1, 0.15) is 0 Å². The summed E-state index contributed by atoms with van der Waals surface area (Å²) >= 11 is 0. The first-order valence-electron chi connectivity index (χ1n) is 10.4. The minimum absolute atomic E-state index is 0.122. The van der Waals surface area contributed by atoms with Gasteiger partial charge in [-0.2, -0.15) is 4.98 Å². The Kier molecular flexibility index (Phi) is 4.77. The van der Waals surface area contributed by atoms with E-state index < -0.39 is 5.97 Å². The number of carbonyl (C=O) groups excluding carboxylic acids is 1. The Morgan fingerprint density at radius 3 is 2.61 bits per heavy atom. The van der Waals surface area contributed by atoms with Crippen LogP contribution in [-0.4, -0.2) is 26.3 Å². The summed E-state index contributed by atoms with van der Waals surface area (Å²) in [5.74, 6) is 0.997. The van der Waals surface area contributed by atoms with Gasteiger partial charge in [0.2, 0.25) is 5.82 Å². The van der Waals surface area contributed by atoms with Crippen molar-refractivity contribution in [1.82, 2.24) is 20.3 Å². The van der Waals surface area contributed by atoms with Gasteiger partial charge in [0.15, 0.2) is 6.61 Å². The van der Waals surface area contributed by atoms with Crippen molar-refractivity contribution < 1.29 is 18.6 Å². The van der Waals surface area contributed by atoms with Gasteiger partial charge in [-0.25, -0.2) is 9.78 Å². The monoisotopic (exact) mass is 418 g/mol. The van der Waals surface area contributed by atoms with E-state index in [1.54, 1.807) is 13.0 Å². The molecular weight excluding hydrogens is 396 g/mol. The molecule has 31 heavy (non-hydrogen) atoms. The number of fused-ring (bicyclic) bond motifs is 1. The van der Waals surface area contributed by atoms with E-state index in [-0.39, 0.29) is 12.5 Å². The summed E-state index contributed by atoms with van der Waals surface area (Å²) in [5.41, 5.74) is 4.27. The van der Waals surface area contributed by atoms with E-state index in [2.05, 4.69) is 34.1 Å². The predicted molar refractivity (Wildman–Crippen MR) is 111 cm³/mol. The Labute approximate surface area is 178 Å². The number of benzene rings is 1. The molecule has 0 aliphatic heterocycles. The molecule has 1 aliphatic rings. The molecule has 8 nitrogen and oxygen atoms in total. The lowest BCUT2D eigenvalue weighted by Crippen LogP contribution is -2.08. The quantitative estimate of drug-likeness (QED) is 0.406. The van der Waals surface area contributed by atoms with Crippen molar-refractivity contribution in [2.75, 3.05) is 0 Å². The first-order chi connectivity index (χ1) is 15.0. The van der Waals surface area contributed by atoms with E-state index in [0.717, 1.165) is 24.1 Å². The number of esters is 1. The Morgan fingerprint density at radius 2 is 1.90 bits per heavy atom. The van der Waals surface area contributed by atoms with Crippen LogP contribution in [0.5, 0.6) is 0 Å². The zero-order chi connectivity index (χ0) is 21.5. The zero-order valence-electron chi connectivity index (χ0n) is 17.6. The Bertz CT molecular complexity index is 1250. The molecule has 0 unspecified atom stereocenters. The number of pyridine rings is 1. The van der Waals surface area contributed by atoms with Crippen molar-refractivity contribution in [3.05, 3.63) is 58.7 Å². The molecule has 0 bridgehead atoms. The molecule has 158 valence electrons. The number of aromatic nitrogens is 4. The van der Waals surface area contributed by atoms with E-state index >= 15 is 0 Å². The second kappa shape index (κ2) is 7.61. The van der Waals surface area contributed by atoms with Crippen molar-refractivity contribution in [3.8, 4) is 11.4 Å². The van der Waals surface area contributed by atoms with Crippen LogP contribution in [0.25, 0.3) is 22.5 Å². The summed E-state index contributed by atoms with van der Waals surface area (Å²) in [6.45, 7) is 5.93. The second-order valence-electron chi connectivity index (χ2n) is 8.18. The van der Waals surface area contributed by atoms with Crippen LogP contribution in [-0.2, 0) is 11.3 Å². The molecular formula is C23H22N4O4. The van der Waals surface area contributed by atoms with Crippen LogP contribution in [0.1, 0.15) is 71.7 Å². The Balaban J connectivity index is 1.33. The van der Waals surface area contributed by atoms with Crippen molar-refractivity contribution in [1.29, 1.82) is 0 Å². The third kappa shape index (κ3) is 3.81. The van der Waals surface area contributed by atoms with Gasteiger partial charge in [0.05, 0.1) is 16.6 Å². The molecule has 3 heterocycles. The van der Waals surface area contributed by atoms with Crippen LogP contribution in [0.4, 0.5) is 0 Å². The van der Waals surface area contributed by atoms with Gasteiger partial charge in [-0.15, -0.1) is 0 Å². The highest BCUT2D eigenvalue weighted by Crippen LogP contribution is 2.40. The van der Waals surface area contributed by atoms with Crippen LogP contribution in [0.3, 0.4) is 0 Å². The van der Waals surface area contributed by atoms with Crippen LogP contribution < -0.4 is 0 Å². The lowest BCUT2D eigenvalue weighted by molar-refractivity contribution is 0.0432. The number of aryl methyl sites for hydroxylation is 1. The average Bonchev–Trinajstić information content (AvgIpc) is 3.41. The van der Waals surface area contributed by atoms with Gasteiger partial charge < -0.3 is 13.8 Å². The summed E-state index contributed by atoms with van der Waals surface area (Å²) in [5, 5.41) is 8.52. The van der Waals surface area contributed by atoms with E-state index in [1.807, 2.05) is 24.3 Å². The second-order valence-corrected chi connectivity index (χ2v) is 8.18. The number of rotatable bonds is 6. The van der Waals surface area contributed by atoms with Gasteiger partial charge in [-0.05, 0) is 37.3 Å². The van der Waals surface area contributed by atoms with Crippen molar-refractivity contribution in [2.24, 2.45) is 0 Å². The van der Waals surface area contributed by atoms with Gasteiger partial charge >= 0.3 is 5.97 Å². The molecule has 1 saturated carbocycles. The predicted octanol–water partition coefficient (Wildman–Crippen LogP) is 4.94. The highest BCUT2D eigenvalue weighted by molar-refractivity contribution is 6.03. The zero-order valence-corrected chi connectivity index (χ0v) is 17.6. The fourth-order valence-corrected chi connectivity index (χ4v) is 3.52. The lowest BCUT2D eigenvalue weighted by Gasteiger charge is -2.05.